The topological polar surface area (TPSA) is 87.4 Å². The first-order valence-electron chi connectivity index (χ1n) is 10.8. The molecule has 4 rings (SSSR count). The summed E-state index contributed by atoms with van der Waals surface area (Å²) in [5.74, 6) is 2.06. The summed E-state index contributed by atoms with van der Waals surface area (Å²) >= 11 is 1.80. The molecule has 1 aliphatic heterocycles. The van der Waals surface area contributed by atoms with E-state index in [9.17, 15) is 4.79 Å². The highest BCUT2D eigenvalue weighted by Crippen LogP contribution is 2.37. The zero-order valence-corrected chi connectivity index (χ0v) is 18.4. The molecule has 1 aliphatic carbocycles. The molecule has 7 nitrogen and oxygen atoms in total. The fourth-order valence-electron chi connectivity index (χ4n) is 4.18. The molecule has 0 saturated carbocycles. The molecule has 0 radical (unpaired) electrons. The second-order valence-electron chi connectivity index (χ2n) is 8.67. The van der Waals surface area contributed by atoms with Crippen LogP contribution in [0.5, 0.6) is 0 Å². The fraction of sp³-hybridized carbons (Fsp3) is 0.667. The van der Waals surface area contributed by atoms with Crippen LogP contribution in [0.1, 0.15) is 43.0 Å². The first-order valence-corrected chi connectivity index (χ1v) is 11.6. The largest absolute Gasteiger partial charge is 0.383 e. The van der Waals surface area contributed by atoms with Crippen LogP contribution in [0.3, 0.4) is 0 Å². The van der Waals surface area contributed by atoms with Gasteiger partial charge in [-0.3, -0.25) is 14.6 Å². The monoisotopic (exact) mass is 416 g/mol. The van der Waals surface area contributed by atoms with E-state index in [1.807, 2.05) is 0 Å². The maximum Gasteiger partial charge on any atom is 0.234 e. The molecule has 1 saturated heterocycles. The Morgan fingerprint density at radius 3 is 2.62 bits per heavy atom. The second-order valence-corrected chi connectivity index (χ2v) is 9.75. The summed E-state index contributed by atoms with van der Waals surface area (Å²) in [7, 11) is 0. The van der Waals surface area contributed by atoms with Gasteiger partial charge in [0.2, 0.25) is 5.91 Å². The molecule has 0 atom stereocenters. The number of thiophene rings is 1. The van der Waals surface area contributed by atoms with Gasteiger partial charge in [0.15, 0.2) is 0 Å². The van der Waals surface area contributed by atoms with E-state index in [1.165, 1.54) is 23.3 Å². The number of piperazine rings is 1. The quantitative estimate of drug-likeness (QED) is 0.749. The number of fused-ring (bicyclic) bond motifs is 3. The standard InChI is InChI=1S/C21H32N6OS/c1-14(2)11-23-18(28)13-27-9-7-26(8-10-27)12-17-24-20(22)19-15-5-3-4-6-16(15)29-21(19)25-17/h14H,3-13H2,1-2H3,(H,23,28)(H2,22,24,25). The Hall–Kier alpha value is -1.77. The average molecular weight is 417 g/mol. The fourth-order valence-corrected chi connectivity index (χ4v) is 5.47. The molecule has 1 fully saturated rings. The van der Waals surface area contributed by atoms with E-state index in [0.29, 0.717) is 18.3 Å². The third kappa shape index (κ3) is 4.87. The van der Waals surface area contributed by atoms with Crippen molar-refractivity contribution < 1.29 is 4.79 Å². The summed E-state index contributed by atoms with van der Waals surface area (Å²) in [6.07, 6.45) is 4.76. The van der Waals surface area contributed by atoms with Crippen LogP contribution in [0.2, 0.25) is 0 Å². The first-order chi connectivity index (χ1) is 14.0. The molecule has 3 heterocycles. The Bertz CT molecular complexity index is 872. The Morgan fingerprint density at radius 1 is 1.14 bits per heavy atom. The van der Waals surface area contributed by atoms with Gasteiger partial charge in [0.1, 0.15) is 16.5 Å². The van der Waals surface area contributed by atoms with Crippen molar-refractivity contribution in [1.29, 1.82) is 0 Å². The van der Waals surface area contributed by atoms with Crippen LogP contribution in [-0.2, 0) is 24.2 Å². The van der Waals surface area contributed by atoms with Gasteiger partial charge in [-0.1, -0.05) is 13.8 Å². The van der Waals surface area contributed by atoms with Crippen LogP contribution < -0.4 is 11.1 Å². The minimum absolute atomic E-state index is 0.121. The SMILES string of the molecule is CC(C)CNC(=O)CN1CCN(Cc2nc(N)c3c4c(sc3n2)CCCC4)CC1. The van der Waals surface area contributed by atoms with Crippen molar-refractivity contribution in [3.05, 3.63) is 16.3 Å². The minimum Gasteiger partial charge on any atom is -0.383 e. The number of nitrogens with one attached hydrogen (secondary N) is 1. The number of carbonyl (C=O) groups excluding carboxylic acids is 1. The molecule has 2 aromatic heterocycles. The van der Waals surface area contributed by atoms with Crippen molar-refractivity contribution in [2.75, 3.05) is 45.0 Å². The van der Waals surface area contributed by atoms with Gasteiger partial charge in [-0.15, -0.1) is 11.3 Å². The molecule has 2 aromatic rings. The Balaban J connectivity index is 1.34. The molecule has 158 valence electrons. The van der Waals surface area contributed by atoms with Gasteiger partial charge in [-0.25, -0.2) is 9.97 Å². The molecular formula is C21H32N6OS. The van der Waals surface area contributed by atoms with Gasteiger partial charge >= 0.3 is 0 Å². The lowest BCUT2D eigenvalue weighted by Crippen LogP contribution is -2.49. The van der Waals surface area contributed by atoms with E-state index >= 15 is 0 Å². The smallest absolute Gasteiger partial charge is 0.234 e. The van der Waals surface area contributed by atoms with E-state index in [1.54, 1.807) is 11.3 Å². The van der Waals surface area contributed by atoms with Crippen molar-refractivity contribution in [1.82, 2.24) is 25.1 Å². The number of nitrogens with zero attached hydrogens (tertiary/aromatic N) is 4. The Labute approximate surface area is 176 Å². The van der Waals surface area contributed by atoms with Gasteiger partial charge in [0, 0.05) is 37.6 Å². The lowest BCUT2D eigenvalue weighted by Gasteiger charge is -2.33. The van der Waals surface area contributed by atoms with Gasteiger partial charge in [-0.2, -0.15) is 0 Å². The van der Waals surface area contributed by atoms with Gasteiger partial charge < -0.3 is 11.1 Å². The number of aromatic nitrogens is 2. The summed E-state index contributed by atoms with van der Waals surface area (Å²) in [4.78, 5) is 28.6. The highest BCUT2D eigenvalue weighted by atomic mass is 32.1. The lowest BCUT2D eigenvalue weighted by atomic mass is 9.97. The molecule has 1 amide bonds. The predicted octanol–water partition coefficient (Wildman–Crippen LogP) is 2.04. The minimum atomic E-state index is 0.121. The molecule has 0 spiro atoms. The van der Waals surface area contributed by atoms with Gasteiger partial charge in [0.05, 0.1) is 18.5 Å². The summed E-state index contributed by atoms with van der Waals surface area (Å²) in [5.41, 5.74) is 7.73. The maximum absolute atomic E-state index is 12.0. The number of amides is 1. The second kappa shape index (κ2) is 8.93. The number of hydrogen-bond acceptors (Lipinski definition) is 7. The molecule has 0 unspecified atom stereocenters. The molecule has 3 N–H and O–H groups in total. The normalized spacial score (nSPS) is 18.3. The Kier molecular flexibility index (Phi) is 6.32. The molecule has 8 heteroatoms. The Morgan fingerprint density at radius 2 is 1.86 bits per heavy atom. The number of nitrogens with two attached hydrogens (primary N) is 1. The van der Waals surface area contributed by atoms with E-state index in [-0.39, 0.29) is 5.91 Å². The average Bonchev–Trinajstić information content (AvgIpc) is 3.06. The number of nitrogen functional groups attached to an aromatic ring is 1. The number of anilines is 1. The molecule has 0 aromatic carbocycles. The van der Waals surface area contributed by atoms with Crippen LogP contribution in [0.4, 0.5) is 5.82 Å². The van der Waals surface area contributed by atoms with E-state index in [4.69, 9.17) is 10.7 Å². The van der Waals surface area contributed by atoms with Crippen LogP contribution in [0, 0.1) is 5.92 Å². The van der Waals surface area contributed by atoms with Crippen LogP contribution in [0.25, 0.3) is 10.2 Å². The number of rotatable bonds is 6. The molecule has 2 aliphatic rings. The number of aryl methyl sites for hydroxylation is 2. The summed E-state index contributed by atoms with van der Waals surface area (Å²) in [5, 5.41) is 4.10. The van der Waals surface area contributed by atoms with Crippen molar-refractivity contribution in [3.8, 4) is 0 Å². The van der Waals surface area contributed by atoms with Crippen molar-refractivity contribution >= 4 is 33.3 Å². The van der Waals surface area contributed by atoms with Gasteiger partial charge in [-0.05, 0) is 37.2 Å². The number of carbonyl (C=O) groups is 1. The summed E-state index contributed by atoms with van der Waals surface area (Å²) in [6, 6.07) is 0. The van der Waals surface area contributed by atoms with E-state index in [2.05, 4.69) is 33.9 Å². The third-order valence-corrected chi connectivity index (χ3v) is 6.98. The highest BCUT2D eigenvalue weighted by molar-refractivity contribution is 7.19. The van der Waals surface area contributed by atoms with E-state index in [0.717, 1.165) is 68.2 Å². The summed E-state index contributed by atoms with van der Waals surface area (Å²) in [6.45, 7) is 9.77. The maximum atomic E-state index is 12.0. The van der Waals surface area contributed by atoms with Crippen molar-refractivity contribution in [3.63, 3.8) is 0 Å². The number of hydrogen-bond donors (Lipinski definition) is 2. The third-order valence-electron chi connectivity index (χ3n) is 5.79. The zero-order chi connectivity index (χ0) is 20.4. The van der Waals surface area contributed by atoms with Crippen molar-refractivity contribution in [2.24, 2.45) is 5.92 Å². The lowest BCUT2D eigenvalue weighted by molar-refractivity contribution is -0.122. The highest BCUT2D eigenvalue weighted by Gasteiger charge is 2.23. The molecular weight excluding hydrogens is 384 g/mol. The van der Waals surface area contributed by atoms with Crippen molar-refractivity contribution in [2.45, 2.75) is 46.1 Å². The van der Waals surface area contributed by atoms with Crippen LogP contribution in [0.15, 0.2) is 0 Å². The predicted molar refractivity (Wildman–Crippen MR) is 118 cm³/mol. The molecule has 29 heavy (non-hydrogen) atoms. The zero-order valence-electron chi connectivity index (χ0n) is 17.5. The summed E-state index contributed by atoms with van der Waals surface area (Å²) < 4.78 is 0. The molecule has 0 bridgehead atoms. The van der Waals surface area contributed by atoms with E-state index < -0.39 is 0 Å². The van der Waals surface area contributed by atoms with Crippen LogP contribution >= 0.6 is 11.3 Å². The van der Waals surface area contributed by atoms with Gasteiger partial charge in [0.25, 0.3) is 0 Å². The first kappa shape index (κ1) is 20.5. The van der Waals surface area contributed by atoms with Crippen LogP contribution in [-0.4, -0.2) is 64.9 Å².